The van der Waals surface area contributed by atoms with E-state index in [1.807, 2.05) is 4.90 Å². The number of carbonyl (C=O) groups is 1. The van der Waals surface area contributed by atoms with Crippen LogP contribution >= 0.6 is 0 Å². The maximum atomic E-state index is 12.3. The van der Waals surface area contributed by atoms with E-state index in [0.29, 0.717) is 19.2 Å². The van der Waals surface area contributed by atoms with Crippen LogP contribution in [0.4, 0.5) is 4.79 Å². The Kier molecular flexibility index (Phi) is 6.31. The molecule has 1 fully saturated rings. The van der Waals surface area contributed by atoms with E-state index in [-0.39, 0.29) is 6.03 Å². The van der Waals surface area contributed by atoms with Crippen LogP contribution in [0.3, 0.4) is 0 Å². The fourth-order valence-corrected chi connectivity index (χ4v) is 3.50. The maximum Gasteiger partial charge on any atom is 0.317 e. The number of benzene rings is 1. The number of hydrogen-bond donors (Lipinski definition) is 1. The highest BCUT2D eigenvalue weighted by Crippen LogP contribution is 2.24. The summed E-state index contributed by atoms with van der Waals surface area (Å²) in [5, 5.41) is 3.00. The summed E-state index contributed by atoms with van der Waals surface area (Å²) in [6.07, 6.45) is 4.51. The highest BCUT2D eigenvalue weighted by molar-refractivity contribution is 5.74. The minimum atomic E-state index is 0.0532. The van der Waals surface area contributed by atoms with Crippen LogP contribution in [0.5, 0.6) is 5.75 Å². The normalized spacial score (nSPS) is 17.9. The van der Waals surface area contributed by atoms with Gasteiger partial charge in [0.05, 0.1) is 6.54 Å². The topological polar surface area (TPSA) is 41.6 Å². The van der Waals surface area contributed by atoms with Gasteiger partial charge in [-0.3, -0.25) is 0 Å². The Morgan fingerprint density at radius 2 is 1.96 bits per heavy atom. The van der Waals surface area contributed by atoms with Crippen molar-refractivity contribution in [1.29, 1.82) is 0 Å². The molecule has 1 aromatic carbocycles. The molecule has 0 spiro atoms. The van der Waals surface area contributed by atoms with Crippen LogP contribution in [0.1, 0.15) is 49.3 Å². The Morgan fingerprint density at radius 3 is 2.61 bits per heavy atom. The largest absolute Gasteiger partial charge is 0.491 e. The molecule has 1 N–H and O–H groups in total. The van der Waals surface area contributed by atoms with Gasteiger partial charge in [-0.05, 0) is 57.6 Å². The molecule has 1 heterocycles. The predicted octanol–water partition coefficient (Wildman–Crippen LogP) is 3.96. The Balaban J connectivity index is 1.80. The lowest BCUT2D eigenvalue weighted by Gasteiger charge is -2.35. The average Bonchev–Trinajstić information content (AvgIpc) is 2.52. The first-order chi connectivity index (χ1) is 11.0. The molecule has 0 bridgehead atoms. The number of nitrogens with zero attached hydrogens (tertiary/aromatic N) is 1. The lowest BCUT2D eigenvalue weighted by atomic mass is 10.0. The van der Waals surface area contributed by atoms with E-state index in [2.05, 4.69) is 45.1 Å². The monoisotopic (exact) mass is 318 g/mol. The zero-order valence-corrected chi connectivity index (χ0v) is 14.9. The molecular weight excluding hydrogens is 288 g/mol. The van der Waals surface area contributed by atoms with E-state index in [4.69, 9.17) is 4.74 Å². The Hall–Kier alpha value is -1.71. The molecule has 0 saturated carbocycles. The molecular formula is C19H30N2O2. The van der Waals surface area contributed by atoms with Gasteiger partial charge >= 0.3 is 6.03 Å². The lowest BCUT2D eigenvalue weighted by molar-refractivity contribution is 0.147. The van der Waals surface area contributed by atoms with Crippen molar-refractivity contribution in [1.82, 2.24) is 10.2 Å². The minimum Gasteiger partial charge on any atom is -0.491 e. The summed E-state index contributed by atoms with van der Waals surface area (Å²) in [4.78, 5) is 14.3. The van der Waals surface area contributed by atoms with E-state index in [1.165, 1.54) is 12.0 Å². The van der Waals surface area contributed by atoms with Gasteiger partial charge < -0.3 is 15.0 Å². The van der Waals surface area contributed by atoms with Crippen LogP contribution in [0.15, 0.2) is 12.1 Å². The number of piperidine rings is 1. The molecule has 2 amide bonds. The summed E-state index contributed by atoms with van der Waals surface area (Å²) in [6.45, 7) is 10.3. The smallest absolute Gasteiger partial charge is 0.317 e. The molecule has 0 radical (unpaired) electrons. The number of amides is 2. The van der Waals surface area contributed by atoms with Gasteiger partial charge in [0.1, 0.15) is 12.4 Å². The molecule has 1 atom stereocenters. The first-order valence-corrected chi connectivity index (χ1v) is 8.78. The molecule has 0 aliphatic carbocycles. The molecule has 1 aliphatic rings. The fraction of sp³-hybridized carbons (Fsp3) is 0.632. The van der Waals surface area contributed by atoms with E-state index >= 15 is 0 Å². The van der Waals surface area contributed by atoms with Crippen LogP contribution in [0.2, 0.25) is 0 Å². The molecule has 1 saturated heterocycles. The third-order valence-electron chi connectivity index (χ3n) is 4.59. The summed E-state index contributed by atoms with van der Waals surface area (Å²) in [5.41, 5.74) is 3.54. The van der Waals surface area contributed by atoms with Crippen LogP contribution in [0, 0.1) is 20.8 Å². The fourth-order valence-electron chi connectivity index (χ4n) is 3.50. The molecule has 1 aliphatic heterocycles. The van der Waals surface area contributed by atoms with Gasteiger partial charge in [-0.2, -0.15) is 0 Å². The van der Waals surface area contributed by atoms with E-state index in [9.17, 15) is 4.79 Å². The number of hydrogen-bond acceptors (Lipinski definition) is 2. The summed E-state index contributed by atoms with van der Waals surface area (Å²) < 4.78 is 5.88. The van der Waals surface area contributed by atoms with Gasteiger partial charge in [0, 0.05) is 12.6 Å². The Morgan fingerprint density at radius 1 is 1.26 bits per heavy atom. The van der Waals surface area contributed by atoms with Crippen LogP contribution in [-0.2, 0) is 0 Å². The van der Waals surface area contributed by atoms with Crippen molar-refractivity contribution in [2.45, 2.75) is 59.4 Å². The first-order valence-electron chi connectivity index (χ1n) is 8.78. The summed E-state index contributed by atoms with van der Waals surface area (Å²) in [7, 11) is 0. The van der Waals surface area contributed by atoms with Gasteiger partial charge in [0.25, 0.3) is 0 Å². The number of nitrogens with one attached hydrogen (secondary N) is 1. The molecule has 1 unspecified atom stereocenters. The van der Waals surface area contributed by atoms with Crippen LogP contribution < -0.4 is 10.1 Å². The van der Waals surface area contributed by atoms with Crippen molar-refractivity contribution in [2.24, 2.45) is 0 Å². The molecule has 4 heteroatoms. The van der Waals surface area contributed by atoms with Gasteiger partial charge in [-0.15, -0.1) is 0 Å². The number of urea groups is 1. The molecule has 1 aromatic rings. The zero-order chi connectivity index (χ0) is 16.8. The van der Waals surface area contributed by atoms with Crippen molar-refractivity contribution < 1.29 is 9.53 Å². The number of aryl methyl sites for hydroxylation is 3. The van der Waals surface area contributed by atoms with Crippen molar-refractivity contribution in [2.75, 3.05) is 19.7 Å². The third-order valence-corrected chi connectivity index (χ3v) is 4.59. The van der Waals surface area contributed by atoms with Gasteiger partial charge in [0.2, 0.25) is 0 Å². The first kappa shape index (κ1) is 17.6. The number of carbonyl (C=O) groups excluding carboxylic acids is 1. The molecule has 0 aromatic heterocycles. The maximum absolute atomic E-state index is 12.3. The molecule has 2 rings (SSSR count). The Labute approximate surface area is 140 Å². The molecule has 23 heavy (non-hydrogen) atoms. The van der Waals surface area contributed by atoms with Crippen LogP contribution in [-0.4, -0.2) is 36.7 Å². The second-order valence-corrected chi connectivity index (χ2v) is 6.56. The van der Waals surface area contributed by atoms with Crippen molar-refractivity contribution in [3.8, 4) is 5.75 Å². The standard InChI is InChI=1S/C19H30N2O2/c1-5-17-8-6-7-10-21(17)19(22)20-9-11-23-18-15(3)12-14(2)13-16(18)4/h12-13,17H,5-11H2,1-4H3,(H,20,22). The van der Waals surface area contributed by atoms with Crippen molar-refractivity contribution >= 4 is 6.03 Å². The van der Waals surface area contributed by atoms with Crippen LogP contribution in [0.25, 0.3) is 0 Å². The SMILES string of the molecule is CCC1CCCCN1C(=O)NCCOc1c(C)cc(C)cc1C. The lowest BCUT2D eigenvalue weighted by Crippen LogP contribution is -2.49. The van der Waals surface area contributed by atoms with Gasteiger partial charge in [-0.25, -0.2) is 4.79 Å². The van der Waals surface area contributed by atoms with Gasteiger partial charge in [-0.1, -0.05) is 24.6 Å². The quantitative estimate of drug-likeness (QED) is 0.835. The number of likely N-dealkylation sites (tertiary alicyclic amines) is 1. The van der Waals surface area contributed by atoms with E-state index < -0.39 is 0 Å². The second-order valence-electron chi connectivity index (χ2n) is 6.56. The van der Waals surface area contributed by atoms with E-state index in [1.54, 1.807) is 0 Å². The highest BCUT2D eigenvalue weighted by Gasteiger charge is 2.24. The molecule has 128 valence electrons. The second kappa shape index (κ2) is 8.23. The van der Waals surface area contributed by atoms with Crippen molar-refractivity contribution in [3.05, 3.63) is 28.8 Å². The third kappa shape index (κ3) is 4.63. The summed E-state index contributed by atoms with van der Waals surface area (Å²) in [6, 6.07) is 4.70. The minimum absolute atomic E-state index is 0.0532. The number of rotatable bonds is 5. The Bertz CT molecular complexity index is 519. The van der Waals surface area contributed by atoms with Crippen molar-refractivity contribution in [3.63, 3.8) is 0 Å². The predicted molar refractivity (Wildman–Crippen MR) is 94.2 cm³/mol. The molecule has 4 nitrogen and oxygen atoms in total. The number of ether oxygens (including phenoxy) is 1. The zero-order valence-electron chi connectivity index (χ0n) is 14.9. The highest BCUT2D eigenvalue weighted by atomic mass is 16.5. The van der Waals surface area contributed by atoms with Gasteiger partial charge in [0.15, 0.2) is 0 Å². The summed E-state index contributed by atoms with van der Waals surface area (Å²) >= 11 is 0. The average molecular weight is 318 g/mol. The van der Waals surface area contributed by atoms with E-state index in [0.717, 1.165) is 42.7 Å². The summed E-state index contributed by atoms with van der Waals surface area (Å²) in [5.74, 6) is 0.939.